The summed E-state index contributed by atoms with van der Waals surface area (Å²) in [5.74, 6) is 0.00235. The Balaban J connectivity index is 0.000000197. The Morgan fingerprint density at radius 1 is 0.861 bits per heavy atom. The maximum Gasteiger partial charge on any atom is 0.171 e. The fourth-order valence-corrected chi connectivity index (χ4v) is 4.04. The summed E-state index contributed by atoms with van der Waals surface area (Å²) in [5, 5.41) is 2.39. The van der Waals surface area contributed by atoms with Crippen LogP contribution in [-0.4, -0.2) is 10.8 Å². The third-order valence-electron chi connectivity index (χ3n) is 5.96. The topological polar surface area (TPSA) is 44.1 Å². The van der Waals surface area contributed by atoms with E-state index in [1.807, 2.05) is 60.8 Å². The number of nitrogens with zero attached hydrogens (tertiary/aromatic N) is 2. The Morgan fingerprint density at radius 3 is 2.39 bits per heavy atom. The van der Waals surface area contributed by atoms with Gasteiger partial charge in [-0.3, -0.25) is 4.79 Å². The normalized spacial score (nSPS) is 10.2. The molecule has 0 bridgehead atoms. The van der Waals surface area contributed by atoms with Crippen molar-refractivity contribution in [1.29, 1.82) is 0 Å². The van der Waals surface area contributed by atoms with Crippen LogP contribution in [0.15, 0.2) is 103 Å². The number of aromatic nitrogens is 2. The van der Waals surface area contributed by atoms with E-state index in [0.29, 0.717) is 5.69 Å². The van der Waals surface area contributed by atoms with E-state index in [2.05, 4.69) is 47.2 Å². The zero-order valence-electron chi connectivity index (χ0n) is 20.5. The van der Waals surface area contributed by atoms with Crippen molar-refractivity contribution in [1.82, 2.24) is 9.97 Å². The Hall–Kier alpha value is -3.33. The van der Waals surface area contributed by atoms with Gasteiger partial charge in [-0.05, 0) is 40.9 Å². The van der Waals surface area contributed by atoms with E-state index in [0.717, 1.165) is 23.2 Å². The fourth-order valence-electron chi connectivity index (χ4n) is 4.04. The predicted octanol–water partition coefficient (Wildman–Crippen LogP) is 7.70. The van der Waals surface area contributed by atoms with Crippen molar-refractivity contribution in [2.75, 3.05) is 0 Å². The molecule has 0 aliphatic carbocycles. The molecule has 0 fully saturated rings. The first-order valence-electron chi connectivity index (χ1n) is 12.3. The molecule has 185 valence electrons. The molecule has 0 unspecified atom stereocenters. The van der Waals surface area contributed by atoms with Crippen molar-refractivity contribution in [3.05, 3.63) is 126 Å². The van der Waals surface area contributed by atoms with Crippen molar-refractivity contribution in [3.8, 4) is 11.3 Å². The number of aryl methyl sites for hydroxylation is 1. The average molecular weight is 651 g/mol. The van der Waals surface area contributed by atoms with E-state index >= 15 is 0 Å². The minimum absolute atomic E-state index is 0. The first kappa shape index (κ1) is 27.3. The second-order valence-corrected chi connectivity index (χ2v) is 8.52. The number of pyridine rings is 1. The summed E-state index contributed by atoms with van der Waals surface area (Å²) in [5.41, 5.74) is 4.59. The SMILES string of the molecule is CCCCCCc1ccc(C(=O)c2ccc[n-]2)cc1.[Ir].[c-]1ccccc1-c1nccc2ccccc12. The van der Waals surface area contributed by atoms with Crippen LogP contribution in [0.25, 0.3) is 22.0 Å². The van der Waals surface area contributed by atoms with Gasteiger partial charge in [0.2, 0.25) is 0 Å². The monoisotopic (exact) mass is 651 g/mol. The first-order valence-corrected chi connectivity index (χ1v) is 12.3. The molecule has 3 aromatic carbocycles. The minimum Gasteiger partial charge on any atom is -0.661 e. The standard InChI is InChI=1S/C17H21NO.C15H10N.Ir/c1-2-3-4-5-7-14-9-11-15(12-10-14)17(19)16-8-6-13-18-16;1-2-7-13(8-3-1)15-14-9-5-4-6-12(14)10-11-16-15;/h6,8-13H,2-5,7H2,1H3,(H,18,19);1-7,9-11H;/q;-1;/p-1. The maximum absolute atomic E-state index is 12.1. The fraction of sp³-hybridized carbons (Fsp3) is 0.188. The quantitative estimate of drug-likeness (QED) is 0.0983. The van der Waals surface area contributed by atoms with E-state index < -0.39 is 0 Å². The van der Waals surface area contributed by atoms with Crippen LogP contribution >= 0.6 is 0 Å². The summed E-state index contributed by atoms with van der Waals surface area (Å²) in [6.45, 7) is 2.22. The molecule has 0 saturated carbocycles. The number of benzene rings is 3. The largest absolute Gasteiger partial charge is 0.661 e. The molecule has 0 atom stereocenters. The Labute approximate surface area is 227 Å². The molecule has 1 radical (unpaired) electrons. The summed E-state index contributed by atoms with van der Waals surface area (Å²) in [4.78, 5) is 20.5. The Kier molecular flexibility index (Phi) is 10.8. The molecular weight excluding hydrogens is 621 g/mol. The van der Waals surface area contributed by atoms with Gasteiger partial charge < -0.3 is 9.97 Å². The number of fused-ring (bicyclic) bond motifs is 1. The molecule has 2 aromatic heterocycles. The van der Waals surface area contributed by atoms with Crippen LogP contribution in [0, 0.1) is 6.07 Å². The van der Waals surface area contributed by atoms with Crippen LogP contribution in [0.2, 0.25) is 0 Å². The third-order valence-corrected chi connectivity index (χ3v) is 5.96. The van der Waals surface area contributed by atoms with Gasteiger partial charge in [-0.2, -0.15) is 6.20 Å². The zero-order valence-corrected chi connectivity index (χ0v) is 22.9. The molecule has 0 aliphatic rings. The van der Waals surface area contributed by atoms with Crippen molar-refractivity contribution in [2.24, 2.45) is 0 Å². The number of hydrogen-bond acceptors (Lipinski definition) is 2. The van der Waals surface area contributed by atoms with Crippen molar-refractivity contribution in [3.63, 3.8) is 0 Å². The van der Waals surface area contributed by atoms with Gasteiger partial charge in [0.1, 0.15) is 0 Å². The van der Waals surface area contributed by atoms with Crippen molar-refractivity contribution < 1.29 is 24.9 Å². The summed E-state index contributed by atoms with van der Waals surface area (Å²) in [6.07, 6.45) is 9.68. The van der Waals surface area contributed by atoms with E-state index in [1.54, 1.807) is 18.3 Å². The third kappa shape index (κ3) is 7.33. The van der Waals surface area contributed by atoms with E-state index in [4.69, 9.17) is 0 Å². The van der Waals surface area contributed by atoms with Crippen molar-refractivity contribution in [2.45, 2.75) is 39.0 Å². The average Bonchev–Trinajstić information content (AvgIpc) is 3.47. The van der Waals surface area contributed by atoms with Gasteiger partial charge in [0.25, 0.3) is 0 Å². The van der Waals surface area contributed by atoms with Gasteiger partial charge in [-0.15, -0.1) is 35.9 Å². The van der Waals surface area contributed by atoms with Gasteiger partial charge in [0, 0.05) is 31.9 Å². The maximum atomic E-state index is 12.1. The predicted molar refractivity (Wildman–Crippen MR) is 143 cm³/mol. The summed E-state index contributed by atoms with van der Waals surface area (Å²) in [7, 11) is 0. The van der Waals surface area contributed by atoms with Crippen LogP contribution < -0.4 is 4.98 Å². The molecule has 2 heterocycles. The molecular formula is C32H30IrN2O-2. The Morgan fingerprint density at radius 2 is 1.67 bits per heavy atom. The van der Waals surface area contributed by atoms with Crippen LogP contribution in [0.1, 0.15) is 54.2 Å². The van der Waals surface area contributed by atoms with E-state index in [9.17, 15) is 4.79 Å². The molecule has 3 nitrogen and oxygen atoms in total. The molecule has 0 saturated heterocycles. The molecule has 36 heavy (non-hydrogen) atoms. The van der Waals surface area contributed by atoms with Gasteiger partial charge >= 0.3 is 0 Å². The molecule has 0 spiro atoms. The second kappa shape index (κ2) is 14.3. The Bertz CT molecular complexity index is 1320. The van der Waals surface area contributed by atoms with Crippen LogP contribution in [0.3, 0.4) is 0 Å². The van der Waals surface area contributed by atoms with Crippen LogP contribution in [0.4, 0.5) is 0 Å². The smallest absolute Gasteiger partial charge is 0.171 e. The molecule has 0 N–H and O–H groups in total. The summed E-state index contributed by atoms with van der Waals surface area (Å²) in [6, 6.07) is 32.9. The van der Waals surface area contributed by atoms with E-state index in [1.165, 1.54) is 42.0 Å². The summed E-state index contributed by atoms with van der Waals surface area (Å²) >= 11 is 0. The number of hydrogen-bond donors (Lipinski definition) is 0. The molecule has 0 aliphatic heterocycles. The minimum atomic E-state index is 0. The number of carbonyl (C=O) groups is 1. The second-order valence-electron chi connectivity index (χ2n) is 8.52. The summed E-state index contributed by atoms with van der Waals surface area (Å²) < 4.78 is 0. The molecule has 0 amide bonds. The van der Waals surface area contributed by atoms with E-state index in [-0.39, 0.29) is 25.9 Å². The number of carbonyl (C=O) groups excluding carboxylic acids is 1. The first-order chi connectivity index (χ1) is 17.3. The molecule has 5 aromatic rings. The number of ketones is 1. The molecule has 4 heteroatoms. The number of rotatable bonds is 8. The zero-order chi connectivity index (χ0) is 24.3. The van der Waals surface area contributed by atoms with Gasteiger partial charge in [0.15, 0.2) is 5.78 Å². The number of unbranched alkanes of at least 4 members (excludes halogenated alkanes) is 3. The van der Waals surface area contributed by atoms with Gasteiger partial charge in [0.05, 0.1) is 0 Å². The van der Waals surface area contributed by atoms with Gasteiger partial charge in [-0.25, -0.2) is 0 Å². The van der Waals surface area contributed by atoms with Crippen LogP contribution in [0.5, 0.6) is 0 Å². The van der Waals surface area contributed by atoms with Crippen molar-refractivity contribution >= 4 is 16.6 Å². The van der Waals surface area contributed by atoms with Gasteiger partial charge in [-0.1, -0.05) is 92.5 Å². The van der Waals surface area contributed by atoms with Crippen LogP contribution in [-0.2, 0) is 26.5 Å². The molecule has 5 rings (SSSR count).